The first-order valence-corrected chi connectivity index (χ1v) is 8.87. The third-order valence-corrected chi connectivity index (χ3v) is 4.34. The number of ether oxygens (including phenoxy) is 1. The first-order valence-electron chi connectivity index (χ1n) is 7.23. The van der Waals surface area contributed by atoms with Crippen molar-refractivity contribution in [3.8, 4) is 5.75 Å². The van der Waals surface area contributed by atoms with Crippen LogP contribution < -0.4 is 21.7 Å². The molecule has 0 saturated carbocycles. The van der Waals surface area contributed by atoms with Crippen LogP contribution in [-0.4, -0.2) is 15.3 Å². The fourth-order valence-corrected chi connectivity index (χ4v) is 2.91. The molecule has 0 atom stereocenters. The van der Waals surface area contributed by atoms with Crippen molar-refractivity contribution in [3.63, 3.8) is 0 Å². The highest BCUT2D eigenvalue weighted by Crippen LogP contribution is 2.28. The highest BCUT2D eigenvalue weighted by molar-refractivity contribution is 8.02. The summed E-state index contributed by atoms with van der Waals surface area (Å²) < 4.78 is 23.8. The lowest BCUT2D eigenvalue weighted by molar-refractivity contribution is -0.00000745. The summed E-state index contributed by atoms with van der Waals surface area (Å²) in [6.07, 6.45) is 0. The molecular formula is C17H11BrCl2FN2O3S-. The second-order valence-electron chi connectivity index (χ2n) is 4.95. The van der Waals surface area contributed by atoms with Crippen LogP contribution in [0.15, 0.2) is 57.5 Å². The maximum absolute atomic E-state index is 12.9. The quantitative estimate of drug-likeness (QED) is 0.421. The SMILES string of the molecule is O/C(=C\Sc1nnc(COc2ccc(Cl)cc2Cl)o1)c1ccc(F)cc1.[Br-]. The molecule has 27 heavy (non-hydrogen) atoms. The first kappa shape index (κ1) is 21.6. The van der Waals surface area contributed by atoms with Gasteiger partial charge in [-0.15, -0.1) is 10.2 Å². The number of aliphatic hydroxyl groups is 1. The molecule has 142 valence electrons. The minimum Gasteiger partial charge on any atom is -1.00 e. The van der Waals surface area contributed by atoms with Gasteiger partial charge in [0.15, 0.2) is 6.61 Å². The normalized spacial score (nSPS) is 11.1. The Morgan fingerprint density at radius 1 is 1.19 bits per heavy atom. The topological polar surface area (TPSA) is 68.4 Å². The smallest absolute Gasteiger partial charge is 0.281 e. The molecular weight excluding hydrogens is 482 g/mol. The standard InChI is InChI=1S/C17H11Cl2FN2O3S.BrH/c18-11-3-6-15(13(19)7-11)24-8-16-21-22-17(25-16)26-9-14(23)10-1-4-12(20)5-2-10;/h1-7,9,23H,8H2;1H/p-1/b14-9-;. The Hall–Kier alpha value is -1.74. The Kier molecular flexibility index (Phi) is 7.97. The summed E-state index contributed by atoms with van der Waals surface area (Å²) in [5.41, 5.74) is 0.472. The van der Waals surface area contributed by atoms with Gasteiger partial charge in [-0.2, -0.15) is 0 Å². The average Bonchev–Trinajstić information content (AvgIpc) is 3.07. The molecule has 2 aromatic carbocycles. The third kappa shape index (κ3) is 6.14. The predicted octanol–water partition coefficient (Wildman–Crippen LogP) is 2.75. The van der Waals surface area contributed by atoms with Crippen molar-refractivity contribution in [2.24, 2.45) is 0 Å². The Balaban J connectivity index is 0.00000261. The molecule has 5 nitrogen and oxygen atoms in total. The van der Waals surface area contributed by atoms with E-state index in [4.69, 9.17) is 32.4 Å². The van der Waals surface area contributed by atoms with Crippen LogP contribution >= 0.6 is 35.0 Å². The van der Waals surface area contributed by atoms with E-state index in [1.165, 1.54) is 29.7 Å². The third-order valence-electron chi connectivity index (χ3n) is 3.10. The van der Waals surface area contributed by atoms with Gasteiger partial charge in [0.05, 0.1) is 5.02 Å². The van der Waals surface area contributed by atoms with Gasteiger partial charge in [0.25, 0.3) is 11.1 Å². The van der Waals surface area contributed by atoms with Crippen molar-refractivity contribution < 1.29 is 35.6 Å². The monoisotopic (exact) mass is 491 g/mol. The summed E-state index contributed by atoms with van der Waals surface area (Å²) in [5, 5.41) is 20.2. The van der Waals surface area contributed by atoms with Crippen LogP contribution in [0.1, 0.15) is 11.5 Å². The fourth-order valence-electron chi connectivity index (χ4n) is 1.87. The number of benzene rings is 2. The van der Waals surface area contributed by atoms with Crippen LogP contribution in [0.3, 0.4) is 0 Å². The van der Waals surface area contributed by atoms with Crippen molar-refractivity contribution >= 4 is 40.7 Å². The van der Waals surface area contributed by atoms with Crippen LogP contribution in [0.25, 0.3) is 5.76 Å². The predicted molar refractivity (Wildman–Crippen MR) is 98.0 cm³/mol. The number of hydrogen-bond donors (Lipinski definition) is 1. The van der Waals surface area contributed by atoms with Gasteiger partial charge in [-0.25, -0.2) is 4.39 Å². The molecule has 0 aliphatic rings. The minimum atomic E-state index is -0.378. The van der Waals surface area contributed by atoms with Gasteiger partial charge in [0.2, 0.25) is 0 Å². The molecule has 1 aromatic heterocycles. The van der Waals surface area contributed by atoms with E-state index >= 15 is 0 Å². The Morgan fingerprint density at radius 3 is 2.63 bits per heavy atom. The molecule has 1 N–H and O–H groups in total. The molecule has 0 unspecified atom stereocenters. The Morgan fingerprint density at radius 2 is 1.93 bits per heavy atom. The van der Waals surface area contributed by atoms with E-state index in [9.17, 15) is 9.50 Å². The maximum Gasteiger partial charge on any atom is 0.281 e. The molecule has 0 spiro atoms. The zero-order valence-corrected chi connectivity index (χ0v) is 17.3. The number of rotatable bonds is 6. The van der Waals surface area contributed by atoms with Gasteiger partial charge < -0.3 is 31.2 Å². The number of aromatic nitrogens is 2. The molecule has 0 fully saturated rings. The molecule has 0 bridgehead atoms. The minimum absolute atomic E-state index is 0. The number of thioether (sulfide) groups is 1. The summed E-state index contributed by atoms with van der Waals surface area (Å²) in [6.45, 7) is 0.0303. The van der Waals surface area contributed by atoms with Crippen molar-refractivity contribution in [1.82, 2.24) is 10.2 Å². The van der Waals surface area contributed by atoms with E-state index in [2.05, 4.69) is 10.2 Å². The van der Waals surface area contributed by atoms with Gasteiger partial charge in [-0.3, -0.25) is 0 Å². The van der Waals surface area contributed by atoms with Crippen LogP contribution in [-0.2, 0) is 6.61 Å². The molecule has 3 rings (SSSR count). The van der Waals surface area contributed by atoms with E-state index in [0.717, 1.165) is 11.8 Å². The second kappa shape index (κ2) is 9.98. The van der Waals surface area contributed by atoms with E-state index < -0.39 is 0 Å². The molecule has 0 amide bonds. The van der Waals surface area contributed by atoms with Crippen LogP contribution in [0.2, 0.25) is 10.0 Å². The number of nitrogens with zero attached hydrogens (tertiary/aromatic N) is 2. The second-order valence-corrected chi connectivity index (χ2v) is 6.62. The summed E-state index contributed by atoms with van der Waals surface area (Å²) in [4.78, 5) is 0. The lowest BCUT2D eigenvalue weighted by Gasteiger charge is -2.05. The summed E-state index contributed by atoms with van der Waals surface area (Å²) >= 11 is 12.9. The van der Waals surface area contributed by atoms with E-state index in [1.54, 1.807) is 18.2 Å². The average molecular weight is 493 g/mol. The van der Waals surface area contributed by atoms with Crippen LogP contribution in [0, 0.1) is 5.82 Å². The Bertz CT molecular complexity index is 938. The zero-order chi connectivity index (χ0) is 18.5. The van der Waals surface area contributed by atoms with E-state index in [1.807, 2.05) is 0 Å². The Labute approximate surface area is 178 Å². The first-order chi connectivity index (χ1) is 12.5. The van der Waals surface area contributed by atoms with Gasteiger partial charge in [0, 0.05) is 16.0 Å². The summed E-state index contributed by atoms with van der Waals surface area (Å²) in [5.74, 6) is 0.265. The van der Waals surface area contributed by atoms with Crippen molar-refractivity contribution in [2.75, 3.05) is 0 Å². The molecule has 0 saturated heterocycles. The van der Waals surface area contributed by atoms with Gasteiger partial charge in [-0.05, 0) is 54.2 Å². The zero-order valence-electron chi connectivity index (χ0n) is 13.4. The highest BCUT2D eigenvalue weighted by Gasteiger charge is 2.09. The summed E-state index contributed by atoms with van der Waals surface area (Å²) in [7, 11) is 0. The number of aliphatic hydroxyl groups excluding tert-OH is 1. The summed E-state index contributed by atoms with van der Waals surface area (Å²) in [6, 6.07) is 10.3. The molecule has 1 heterocycles. The molecule has 0 aliphatic heterocycles. The van der Waals surface area contributed by atoms with Gasteiger partial charge in [0.1, 0.15) is 17.3 Å². The van der Waals surface area contributed by atoms with Gasteiger partial charge in [-0.1, -0.05) is 23.2 Å². The van der Waals surface area contributed by atoms with Crippen LogP contribution in [0.5, 0.6) is 5.75 Å². The number of hydrogen-bond acceptors (Lipinski definition) is 6. The van der Waals surface area contributed by atoms with Crippen molar-refractivity contribution in [3.05, 3.63) is 75.2 Å². The largest absolute Gasteiger partial charge is 1.00 e. The maximum atomic E-state index is 12.9. The molecule has 10 heteroatoms. The molecule has 0 radical (unpaired) electrons. The lowest BCUT2D eigenvalue weighted by atomic mass is 10.2. The molecule has 0 aliphatic carbocycles. The molecule has 3 aromatic rings. The van der Waals surface area contributed by atoms with Gasteiger partial charge >= 0.3 is 0 Å². The van der Waals surface area contributed by atoms with E-state index in [-0.39, 0.29) is 46.3 Å². The number of halogens is 4. The highest BCUT2D eigenvalue weighted by atomic mass is 79.9. The van der Waals surface area contributed by atoms with Crippen molar-refractivity contribution in [1.29, 1.82) is 0 Å². The van der Waals surface area contributed by atoms with E-state index in [0.29, 0.717) is 21.4 Å². The van der Waals surface area contributed by atoms with Crippen LogP contribution in [0.4, 0.5) is 4.39 Å². The van der Waals surface area contributed by atoms with Crippen molar-refractivity contribution in [2.45, 2.75) is 11.8 Å². The fraction of sp³-hybridized carbons (Fsp3) is 0.0588. The lowest BCUT2D eigenvalue weighted by Crippen LogP contribution is -3.00.